The molecule has 0 saturated carbocycles. The zero-order chi connectivity index (χ0) is 23.5. The molecule has 174 valence electrons. The van der Waals surface area contributed by atoms with Crippen LogP contribution >= 0.6 is 11.3 Å². The summed E-state index contributed by atoms with van der Waals surface area (Å²) < 4.78 is 31.0. The van der Waals surface area contributed by atoms with Crippen LogP contribution in [0.15, 0.2) is 78.9 Å². The third-order valence-electron chi connectivity index (χ3n) is 5.92. The number of hydrogen-bond acceptors (Lipinski definition) is 6. The van der Waals surface area contributed by atoms with Crippen molar-refractivity contribution in [3.05, 3.63) is 84.4 Å². The van der Waals surface area contributed by atoms with E-state index in [4.69, 9.17) is 4.74 Å². The Labute approximate surface area is 202 Å². The molecule has 0 N–H and O–H groups in total. The molecule has 1 saturated heterocycles. The van der Waals surface area contributed by atoms with Crippen molar-refractivity contribution in [3.8, 4) is 16.3 Å². The second-order valence-electron chi connectivity index (χ2n) is 8.36. The van der Waals surface area contributed by atoms with Crippen molar-refractivity contribution >= 4 is 37.3 Å². The Morgan fingerprint density at radius 1 is 1.00 bits per heavy atom. The lowest BCUT2D eigenvalue weighted by Gasteiger charge is -2.28. The number of hydrogen-bond donors (Lipinski definition) is 0. The van der Waals surface area contributed by atoms with E-state index in [1.54, 1.807) is 16.2 Å². The molecule has 3 aromatic carbocycles. The maximum Gasteiger partial charge on any atom is 0.261 e. The first-order valence-corrected chi connectivity index (χ1v) is 13.7. The van der Waals surface area contributed by atoms with E-state index in [1.807, 2.05) is 72.8 Å². The second-order valence-corrected chi connectivity index (χ2v) is 11.6. The molecule has 1 aliphatic heterocycles. The van der Waals surface area contributed by atoms with Crippen LogP contribution in [-0.2, 0) is 21.2 Å². The van der Waals surface area contributed by atoms with Gasteiger partial charge in [-0.05, 0) is 48.4 Å². The standard InChI is InChI=1S/C26H24N2O4S2/c29-25(28(16-19-6-2-1-3-7-19)21-14-15-34(30,31)18-21)17-32-22-12-10-20(11-13-22)26-27-23-8-4-5-9-24(23)33-26/h1-13,21H,14-18H2/t21-/m1/s1. The molecule has 0 radical (unpaired) electrons. The lowest BCUT2D eigenvalue weighted by molar-refractivity contribution is -0.136. The smallest absolute Gasteiger partial charge is 0.261 e. The van der Waals surface area contributed by atoms with Gasteiger partial charge in [-0.2, -0.15) is 0 Å². The first-order valence-electron chi connectivity index (χ1n) is 11.1. The number of carbonyl (C=O) groups excluding carboxylic acids is 1. The van der Waals surface area contributed by atoms with Gasteiger partial charge >= 0.3 is 0 Å². The minimum atomic E-state index is -3.11. The van der Waals surface area contributed by atoms with Crippen molar-refractivity contribution in [2.45, 2.75) is 19.0 Å². The van der Waals surface area contributed by atoms with Crippen molar-refractivity contribution < 1.29 is 17.9 Å². The van der Waals surface area contributed by atoms with Crippen molar-refractivity contribution in [2.24, 2.45) is 0 Å². The third-order valence-corrected chi connectivity index (χ3v) is 8.76. The summed E-state index contributed by atoms with van der Waals surface area (Å²) in [7, 11) is -3.11. The molecule has 0 unspecified atom stereocenters. The number of sulfone groups is 1. The summed E-state index contributed by atoms with van der Waals surface area (Å²) in [6.07, 6.45) is 0.456. The van der Waals surface area contributed by atoms with E-state index in [0.717, 1.165) is 26.4 Å². The van der Waals surface area contributed by atoms with Crippen LogP contribution in [0.4, 0.5) is 0 Å². The Morgan fingerprint density at radius 2 is 1.74 bits per heavy atom. The summed E-state index contributed by atoms with van der Waals surface area (Å²) in [5.74, 6) is 0.477. The average Bonchev–Trinajstić information content (AvgIpc) is 3.45. The van der Waals surface area contributed by atoms with Gasteiger partial charge in [0.05, 0.1) is 21.7 Å². The molecule has 8 heteroatoms. The molecule has 1 aliphatic rings. The Bertz CT molecular complexity index is 1370. The Balaban J connectivity index is 1.27. The van der Waals surface area contributed by atoms with E-state index < -0.39 is 9.84 Å². The average molecular weight is 493 g/mol. The first-order chi connectivity index (χ1) is 16.5. The Hall–Kier alpha value is -3.23. The second kappa shape index (κ2) is 9.56. The van der Waals surface area contributed by atoms with Gasteiger partial charge in [-0.1, -0.05) is 42.5 Å². The predicted molar refractivity (Wildman–Crippen MR) is 135 cm³/mol. The SMILES string of the molecule is O=C(COc1ccc(-c2nc3ccccc3s2)cc1)N(Cc1ccccc1)[C@@H]1CCS(=O)(=O)C1. The van der Waals surface area contributed by atoms with Gasteiger partial charge in [0.2, 0.25) is 0 Å². The number of benzene rings is 3. The minimum Gasteiger partial charge on any atom is -0.484 e. The van der Waals surface area contributed by atoms with Gasteiger partial charge in [0.15, 0.2) is 16.4 Å². The molecule has 6 nitrogen and oxygen atoms in total. The van der Waals surface area contributed by atoms with Gasteiger partial charge in [-0.15, -0.1) is 11.3 Å². The van der Waals surface area contributed by atoms with Crippen LogP contribution in [0, 0.1) is 0 Å². The van der Waals surface area contributed by atoms with Gasteiger partial charge in [-0.3, -0.25) is 4.79 Å². The number of nitrogens with zero attached hydrogens (tertiary/aromatic N) is 2. The van der Waals surface area contributed by atoms with Crippen LogP contribution in [-0.4, -0.2) is 48.4 Å². The molecular formula is C26H24N2O4S2. The van der Waals surface area contributed by atoms with Crippen LogP contribution in [0.3, 0.4) is 0 Å². The van der Waals surface area contributed by atoms with Gasteiger partial charge in [-0.25, -0.2) is 13.4 Å². The molecule has 1 atom stereocenters. The van der Waals surface area contributed by atoms with Crippen molar-refractivity contribution in [1.82, 2.24) is 9.88 Å². The maximum absolute atomic E-state index is 13.1. The minimum absolute atomic E-state index is 0.00242. The zero-order valence-corrected chi connectivity index (χ0v) is 20.1. The monoisotopic (exact) mass is 492 g/mol. The fourth-order valence-electron chi connectivity index (χ4n) is 4.14. The van der Waals surface area contributed by atoms with E-state index in [9.17, 15) is 13.2 Å². The van der Waals surface area contributed by atoms with Gasteiger partial charge in [0.25, 0.3) is 5.91 Å². The summed E-state index contributed by atoms with van der Waals surface area (Å²) in [6, 6.07) is 24.8. The van der Waals surface area contributed by atoms with Crippen LogP contribution < -0.4 is 4.74 Å². The fourth-order valence-corrected chi connectivity index (χ4v) is 6.84. The number of aromatic nitrogens is 1. The maximum atomic E-state index is 13.1. The van der Waals surface area contributed by atoms with E-state index in [1.165, 1.54) is 0 Å². The topological polar surface area (TPSA) is 76.6 Å². The highest BCUT2D eigenvalue weighted by Gasteiger charge is 2.34. The van der Waals surface area contributed by atoms with Gasteiger partial charge < -0.3 is 9.64 Å². The number of amides is 1. The summed E-state index contributed by atoms with van der Waals surface area (Å²) >= 11 is 1.63. The molecule has 1 amide bonds. The summed E-state index contributed by atoms with van der Waals surface area (Å²) in [5.41, 5.74) is 2.92. The highest BCUT2D eigenvalue weighted by molar-refractivity contribution is 7.91. The van der Waals surface area contributed by atoms with Crippen molar-refractivity contribution in [1.29, 1.82) is 0 Å². The van der Waals surface area contributed by atoms with Crippen LogP contribution in [0.5, 0.6) is 5.75 Å². The van der Waals surface area contributed by atoms with E-state index in [-0.39, 0.29) is 30.1 Å². The lowest BCUT2D eigenvalue weighted by Crippen LogP contribution is -2.43. The van der Waals surface area contributed by atoms with E-state index in [2.05, 4.69) is 11.1 Å². The number of para-hydroxylation sites is 1. The number of thiazole rings is 1. The summed E-state index contributed by atoms with van der Waals surface area (Å²) in [5, 5.41) is 0.931. The molecule has 2 heterocycles. The highest BCUT2D eigenvalue weighted by atomic mass is 32.2. The van der Waals surface area contributed by atoms with Crippen LogP contribution in [0.1, 0.15) is 12.0 Å². The molecule has 34 heavy (non-hydrogen) atoms. The van der Waals surface area contributed by atoms with Gasteiger partial charge in [0.1, 0.15) is 10.8 Å². The van der Waals surface area contributed by atoms with Crippen LogP contribution in [0.2, 0.25) is 0 Å². The molecule has 5 rings (SSSR count). The zero-order valence-electron chi connectivity index (χ0n) is 18.5. The molecule has 0 spiro atoms. The third kappa shape index (κ3) is 5.13. The van der Waals surface area contributed by atoms with Crippen LogP contribution in [0.25, 0.3) is 20.8 Å². The number of carbonyl (C=O) groups is 1. The highest BCUT2D eigenvalue weighted by Crippen LogP contribution is 2.31. The largest absolute Gasteiger partial charge is 0.484 e. The fraction of sp³-hybridized carbons (Fsp3) is 0.231. The van der Waals surface area contributed by atoms with Crippen molar-refractivity contribution in [3.63, 3.8) is 0 Å². The summed E-state index contributed by atoms with van der Waals surface area (Å²) in [4.78, 5) is 19.4. The molecule has 1 fully saturated rings. The van der Waals surface area contributed by atoms with Crippen molar-refractivity contribution in [2.75, 3.05) is 18.1 Å². The van der Waals surface area contributed by atoms with E-state index >= 15 is 0 Å². The molecular weight excluding hydrogens is 468 g/mol. The molecule has 4 aromatic rings. The quantitative estimate of drug-likeness (QED) is 0.378. The number of fused-ring (bicyclic) bond motifs is 1. The lowest BCUT2D eigenvalue weighted by atomic mass is 10.1. The number of rotatable bonds is 7. The molecule has 1 aromatic heterocycles. The number of ether oxygens (including phenoxy) is 1. The Morgan fingerprint density at radius 3 is 2.44 bits per heavy atom. The predicted octanol–water partition coefficient (Wildman–Crippen LogP) is 4.56. The first kappa shape index (κ1) is 22.6. The van der Waals surface area contributed by atoms with Gasteiger partial charge in [0, 0.05) is 18.2 Å². The normalized spacial score (nSPS) is 17.0. The molecule has 0 aliphatic carbocycles. The Kier molecular flexibility index (Phi) is 6.34. The molecule has 0 bridgehead atoms. The van der Waals surface area contributed by atoms with E-state index in [0.29, 0.717) is 18.7 Å². The summed E-state index contributed by atoms with van der Waals surface area (Å²) in [6.45, 7) is 0.212.